The van der Waals surface area contributed by atoms with Gasteiger partial charge in [0.1, 0.15) is 10.0 Å². The van der Waals surface area contributed by atoms with E-state index in [0.717, 1.165) is 13.0 Å². The van der Waals surface area contributed by atoms with Crippen molar-refractivity contribution >= 4 is 21.4 Å². The van der Waals surface area contributed by atoms with E-state index in [2.05, 4.69) is 21.8 Å². The van der Waals surface area contributed by atoms with E-state index in [9.17, 15) is 8.42 Å². The van der Waals surface area contributed by atoms with Crippen molar-refractivity contribution < 1.29 is 8.42 Å². The van der Waals surface area contributed by atoms with Crippen LogP contribution in [0.15, 0.2) is 64.4 Å². The van der Waals surface area contributed by atoms with Crippen molar-refractivity contribution in [1.82, 2.24) is 14.3 Å². The highest BCUT2D eigenvalue weighted by Crippen LogP contribution is 2.15. The fraction of sp³-hybridized carbons (Fsp3) is 0.188. The van der Waals surface area contributed by atoms with Gasteiger partial charge < -0.3 is 4.57 Å². The topological polar surface area (TPSA) is 64.0 Å². The normalized spacial score (nSPS) is 11.7. The molecule has 0 bridgehead atoms. The number of imidazole rings is 1. The van der Waals surface area contributed by atoms with Crippen molar-refractivity contribution in [2.75, 3.05) is 0 Å². The molecule has 0 fully saturated rings. The molecule has 1 N–H and O–H groups in total. The number of aryl methyl sites for hydroxylation is 2. The van der Waals surface area contributed by atoms with Crippen molar-refractivity contribution in [3.63, 3.8) is 0 Å². The van der Waals surface area contributed by atoms with Gasteiger partial charge >= 0.3 is 0 Å². The molecule has 0 saturated heterocycles. The van der Waals surface area contributed by atoms with Crippen LogP contribution < -0.4 is 4.72 Å². The fourth-order valence-corrected chi connectivity index (χ4v) is 4.27. The first-order valence-electron chi connectivity index (χ1n) is 7.22. The van der Waals surface area contributed by atoms with Gasteiger partial charge in [0.2, 0.25) is 10.0 Å². The summed E-state index contributed by atoms with van der Waals surface area (Å²) < 4.78 is 29.2. The number of rotatable bonds is 7. The minimum atomic E-state index is -3.46. The van der Waals surface area contributed by atoms with Gasteiger partial charge in [0.25, 0.3) is 0 Å². The van der Waals surface area contributed by atoms with Gasteiger partial charge in [-0.25, -0.2) is 18.1 Å². The third-order valence-corrected chi connectivity index (χ3v) is 6.26. The highest BCUT2D eigenvalue weighted by molar-refractivity contribution is 7.91. The molecule has 0 unspecified atom stereocenters. The molecular weight excluding hydrogens is 330 g/mol. The predicted molar refractivity (Wildman–Crippen MR) is 90.7 cm³/mol. The summed E-state index contributed by atoms with van der Waals surface area (Å²) in [6.45, 7) is 0.947. The van der Waals surface area contributed by atoms with Crippen LogP contribution in [0, 0.1) is 0 Å². The molecule has 2 heterocycles. The van der Waals surface area contributed by atoms with Crippen LogP contribution in [0.4, 0.5) is 0 Å². The molecule has 0 aliphatic rings. The first-order valence-corrected chi connectivity index (χ1v) is 9.58. The standard InChI is InChI=1S/C16H17N3O2S2/c20-23(21,16-7-4-12-22-16)18-13-15-17-9-11-19(15)10-8-14-5-2-1-3-6-14/h1-7,9,11-12,18H,8,10,13H2. The predicted octanol–water partition coefficient (Wildman–Crippen LogP) is 2.67. The number of nitrogens with zero attached hydrogens (tertiary/aromatic N) is 2. The number of thiophene rings is 1. The Morgan fingerprint density at radius 2 is 1.96 bits per heavy atom. The first-order chi connectivity index (χ1) is 11.1. The van der Waals surface area contributed by atoms with Gasteiger partial charge in [0, 0.05) is 18.9 Å². The van der Waals surface area contributed by atoms with Gasteiger partial charge in [-0.2, -0.15) is 0 Å². The quantitative estimate of drug-likeness (QED) is 0.715. The maximum Gasteiger partial charge on any atom is 0.250 e. The Morgan fingerprint density at radius 1 is 1.13 bits per heavy atom. The van der Waals surface area contributed by atoms with E-state index in [4.69, 9.17) is 0 Å². The van der Waals surface area contributed by atoms with E-state index in [1.54, 1.807) is 23.7 Å². The van der Waals surface area contributed by atoms with Crippen molar-refractivity contribution in [3.05, 3.63) is 71.6 Å². The van der Waals surface area contributed by atoms with Crippen molar-refractivity contribution in [2.24, 2.45) is 0 Å². The second-order valence-corrected chi connectivity index (χ2v) is 7.97. The Balaban J connectivity index is 1.63. The summed E-state index contributed by atoms with van der Waals surface area (Å²) in [5.41, 5.74) is 1.24. The molecule has 1 aromatic carbocycles. The number of hydrogen-bond acceptors (Lipinski definition) is 4. The number of nitrogens with one attached hydrogen (secondary N) is 1. The van der Waals surface area contributed by atoms with E-state index in [1.165, 1.54) is 16.9 Å². The minimum Gasteiger partial charge on any atom is -0.334 e. The lowest BCUT2D eigenvalue weighted by molar-refractivity contribution is 0.575. The lowest BCUT2D eigenvalue weighted by Gasteiger charge is -2.09. The average molecular weight is 347 g/mol. The first kappa shape index (κ1) is 15.9. The Hall–Kier alpha value is -1.96. The van der Waals surface area contributed by atoms with Crippen LogP contribution in [0.1, 0.15) is 11.4 Å². The summed E-state index contributed by atoms with van der Waals surface area (Å²) in [5, 5.41) is 1.75. The Morgan fingerprint density at radius 3 is 2.70 bits per heavy atom. The molecule has 3 rings (SSSR count). The Labute approximate surface area is 139 Å². The smallest absolute Gasteiger partial charge is 0.250 e. The summed E-state index contributed by atoms with van der Waals surface area (Å²) in [6, 6.07) is 13.5. The van der Waals surface area contributed by atoms with Crippen molar-refractivity contribution in [3.8, 4) is 0 Å². The number of aromatic nitrogens is 2. The number of sulfonamides is 1. The zero-order valence-electron chi connectivity index (χ0n) is 12.4. The fourth-order valence-electron chi connectivity index (χ4n) is 2.25. The largest absolute Gasteiger partial charge is 0.334 e. The Kier molecular flexibility index (Phi) is 4.90. The second-order valence-electron chi connectivity index (χ2n) is 5.03. The van der Waals surface area contributed by atoms with Crippen molar-refractivity contribution in [1.29, 1.82) is 0 Å². The summed E-state index contributed by atoms with van der Waals surface area (Å²) in [5.74, 6) is 0.709. The highest BCUT2D eigenvalue weighted by atomic mass is 32.2. The summed E-state index contributed by atoms with van der Waals surface area (Å²) in [7, 11) is -3.46. The van der Waals surface area contributed by atoms with Crippen LogP contribution in [0.3, 0.4) is 0 Å². The summed E-state index contributed by atoms with van der Waals surface area (Å²) in [4.78, 5) is 4.25. The second kappa shape index (κ2) is 7.08. The van der Waals surface area contributed by atoms with Gasteiger partial charge in [-0.1, -0.05) is 36.4 Å². The van der Waals surface area contributed by atoms with Gasteiger partial charge in [0.15, 0.2) is 0 Å². The van der Waals surface area contributed by atoms with E-state index in [1.807, 2.05) is 29.0 Å². The molecule has 23 heavy (non-hydrogen) atoms. The van der Waals surface area contributed by atoms with Crippen LogP contribution in [0.25, 0.3) is 0 Å². The average Bonchev–Trinajstić information content (AvgIpc) is 3.24. The SMILES string of the molecule is O=S(=O)(NCc1nccn1CCc1ccccc1)c1cccs1. The van der Waals surface area contributed by atoms with Gasteiger partial charge in [-0.05, 0) is 23.4 Å². The third-order valence-electron chi connectivity index (χ3n) is 3.47. The molecule has 7 heteroatoms. The van der Waals surface area contributed by atoms with Crippen LogP contribution in [-0.4, -0.2) is 18.0 Å². The van der Waals surface area contributed by atoms with Gasteiger partial charge in [-0.3, -0.25) is 0 Å². The molecule has 3 aromatic rings. The zero-order valence-corrected chi connectivity index (χ0v) is 14.1. The highest BCUT2D eigenvalue weighted by Gasteiger charge is 2.15. The molecule has 0 aliphatic heterocycles. The number of hydrogen-bond donors (Lipinski definition) is 1. The van der Waals surface area contributed by atoms with E-state index < -0.39 is 10.0 Å². The minimum absolute atomic E-state index is 0.183. The Bertz CT molecular complexity index is 841. The molecule has 0 aliphatic carbocycles. The van der Waals surface area contributed by atoms with E-state index in [0.29, 0.717) is 10.0 Å². The maximum absolute atomic E-state index is 12.1. The molecule has 5 nitrogen and oxygen atoms in total. The lowest BCUT2D eigenvalue weighted by Crippen LogP contribution is -2.24. The molecule has 0 radical (unpaired) electrons. The third kappa shape index (κ3) is 4.07. The number of benzene rings is 1. The van der Waals surface area contributed by atoms with Crippen molar-refractivity contribution in [2.45, 2.75) is 23.7 Å². The van der Waals surface area contributed by atoms with Crippen LogP contribution >= 0.6 is 11.3 Å². The van der Waals surface area contributed by atoms with Crippen LogP contribution in [-0.2, 0) is 29.5 Å². The molecule has 120 valence electrons. The van der Waals surface area contributed by atoms with Crippen LogP contribution in [0.2, 0.25) is 0 Å². The molecule has 0 spiro atoms. The monoisotopic (exact) mass is 347 g/mol. The van der Waals surface area contributed by atoms with Gasteiger partial charge in [-0.15, -0.1) is 11.3 Å². The molecule has 2 aromatic heterocycles. The molecule has 0 saturated carbocycles. The maximum atomic E-state index is 12.1. The van der Waals surface area contributed by atoms with E-state index in [-0.39, 0.29) is 6.54 Å². The molecule has 0 amide bonds. The summed E-state index contributed by atoms with van der Waals surface area (Å²) in [6.07, 6.45) is 4.44. The van der Waals surface area contributed by atoms with Crippen LogP contribution in [0.5, 0.6) is 0 Å². The zero-order chi connectivity index (χ0) is 16.1. The van der Waals surface area contributed by atoms with Gasteiger partial charge in [0.05, 0.1) is 6.54 Å². The molecular formula is C16H17N3O2S2. The summed E-state index contributed by atoms with van der Waals surface area (Å²) >= 11 is 1.20. The van der Waals surface area contributed by atoms with E-state index >= 15 is 0 Å². The molecule has 0 atom stereocenters. The lowest BCUT2D eigenvalue weighted by atomic mass is 10.1.